The van der Waals surface area contributed by atoms with E-state index in [9.17, 15) is 9.90 Å². The van der Waals surface area contributed by atoms with E-state index < -0.39 is 5.79 Å². The maximum atomic E-state index is 12.8. The number of benzene rings is 2. The van der Waals surface area contributed by atoms with Crippen LogP contribution in [0.3, 0.4) is 0 Å². The average molecular weight is 366 g/mol. The molecule has 140 valence electrons. The molecule has 0 aliphatic carbocycles. The van der Waals surface area contributed by atoms with Crippen LogP contribution in [0.5, 0.6) is 5.75 Å². The smallest absolute Gasteiger partial charge is 0.258 e. The molecule has 27 heavy (non-hydrogen) atoms. The van der Waals surface area contributed by atoms with Gasteiger partial charge in [-0.25, -0.2) is 0 Å². The largest absolute Gasteiger partial charge is 0.508 e. The van der Waals surface area contributed by atoms with Gasteiger partial charge in [-0.05, 0) is 42.4 Å². The van der Waals surface area contributed by atoms with E-state index in [0.717, 1.165) is 22.4 Å². The van der Waals surface area contributed by atoms with Crippen LogP contribution in [0.1, 0.15) is 23.1 Å². The van der Waals surface area contributed by atoms with E-state index in [4.69, 9.17) is 15.2 Å². The van der Waals surface area contributed by atoms with Gasteiger partial charge in [0.05, 0.1) is 18.9 Å². The van der Waals surface area contributed by atoms with Gasteiger partial charge in [-0.1, -0.05) is 18.2 Å². The van der Waals surface area contributed by atoms with Crippen molar-refractivity contribution in [3.63, 3.8) is 0 Å². The number of anilines is 1. The number of fused-ring (bicyclic) bond motifs is 1. The lowest BCUT2D eigenvalue weighted by atomic mass is 9.96. The van der Waals surface area contributed by atoms with Gasteiger partial charge in [0.15, 0.2) is 5.79 Å². The molecule has 0 saturated carbocycles. The van der Waals surface area contributed by atoms with Crippen LogP contribution in [0.2, 0.25) is 0 Å². The highest BCUT2D eigenvalue weighted by Crippen LogP contribution is 2.42. The second-order valence-corrected chi connectivity index (χ2v) is 6.74. The molecule has 0 atom stereocenters. The molecule has 2 aliphatic rings. The average Bonchev–Trinajstić information content (AvgIpc) is 3.22. The van der Waals surface area contributed by atoms with Gasteiger partial charge in [0.2, 0.25) is 0 Å². The summed E-state index contributed by atoms with van der Waals surface area (Å²) in [5, 5.41) is 9.71. The molecule has 0 aromatic heterocycles. The van der Waals surface area contributed by atoms with Gasteiger partial charge >= 0.3 is 0 Å². The number of rotatable bonds is 4. The van der Waals surface area contributed by atoms with E-state index in [1.54, 1.807) is 36.2 Å². The number of amides is 1. The molecule has 0 bridgehead atoms. The maximum Gasteiger partial charge on any atom is 0.258 e. The first-order chi connectivity index (χ1) is 13.0. The fraction of sp³-hybridized carbons (Fsp3) is 0.286. The quantitative estimate of drug-likeness (QED) is 0.812. The molecule has 2 aromatic rings. The van der Waals surface area contributed by atoms with Gasteiger partial charge in [-0.3, -0.25) is 4.79 Å². The van der Waals surface area contributed by atoms with E-state index >= 15 is 0 Å². The minimum atomic E-state index is -0.857. The zero-order valence-electron chi connectivity index (χ0n) is 15.1. The second kappa shape index (κ2) is 6.81. The van der Waals surface area contributed by atoms with E-state index in [-0.39, 0.29) is 11.7 Å². The molecule has 2 heterocycles. The predicted octanol–water partition coefficient (Wildman–Crippen LogP) is 2.46. The lowest BCUT2D eigenvalue weighted by Gasteiger charge is -2.28. The van der Waals surface area contributed by atoms with Crippen LogP contribution in [-0.4, -0.2) is 37.8 Å². The van der Waals surface area contributed by atoms with Gasteiger partial charge in [0.25, 0.3) is 5.91 Å². The zero-order chi connectivity index (χ0) is 19.0. The fourth-order valence-corrected chi connectivity index (χ4v) is 3.71. The molecule has 1 saturated heterocycles. The normalized spacial score (nSPS) is 19.7. The van der Waals surface area contributed by atoms with Crippen molar-refractivity contribution in [2.24, 2.45) is 5.73 Å². The minimum Gasteiger partial charge on any atom is -0.508 e. The topological polar surface area (TPSA) is 85.0 Å². The van der Waals surface area contributed by atoms with E-state index in [0.29, 0.717) is 31.8 Å². The van der Waals surface area contributed by atoms with Crippen LogP contribution < -0.4 is 10.6 Å². The highest BCUT2D eigenvalue weighted by Gasteiger charge is 2.40. The summed E-state index contributed by atoms with van der Waals surface area (Å²) in [7, 11) is 1.75. The first kappa shape index (κ1) is 17.7. The number of carbonyl (C=O) groups excluding carboxylic acids is 1. The molecule has 1 amide bonds. The Morgan fingerprint density at radius 3 is 2.70 bits per heavy atom. The van der Waals surface area contributed by atoms with E-state index in [1.165, 1.54) is 0 Å². The number of likely N-dealkylation sites (N-methyl/N-ethyl adjacent to an activating group) is 1. The van der Waals surface area contributed by atoms with Crippen molar-refractivity contribution in [2.45, 2.75) is 12.2 Å². The van der Waals surface area contributed by atoms with Crippen molar-refractivity contribution in [2.75, 3.05) is 31.7 Å². The molecule has 6 heteroatoms. The molecule has 2 aliphatic heterocycles. The van der Waals surface area contributed by atoms with Crippen molar-refractivity contribution >= 4 is 23.2 Å². The summed E-state index contributed by atoms with van der Waals surface area (Å²) in [4.78, 5) is 14.4. The molecule has 6 nitrogen and oxygen atoms in total. The van der Waals surface area contributed by atoms with Crippen LogP contribution in [0, 0.1) is 0 Å². The number of aromatic hydroxyl groups is 1. The zero-order valence-corrected chi connectivity index (χ0v) is 15.1. The highest BCUT2D eigenvalue weighted by atomic mass is 16.7. The number of phenolic OH excluding ortho intramolecular Hbond substituents is 1. The molecule has 0 spiro atoms. The van der Waals surface area contributed by atoms with Crippen LogP contribution >= 0.6 is 0 Å². The number of ether oxygens (including phenoxy) is 2. The Bertz CT molecular complexity index is 916. The first-order valence-electron chi connectivity index (χ1n) is 8.96. The van der Waals surface area contributed by atoms with E-state index in [1.807, 2.05) is 24.3 Å². The molecule has 2 aromatic carbocycles. The summed E-state index contributed by atoms with van der Waals surface area (Å²) < 4.78 is 11.8. The monoisotopic (exact) mass is 366 g/mol. The maximum absolute atomic E-state index is 12.8. The third kappa shape index (κ3) is 3.02. The van der Waals surface area contributed by atoms with Gasteiger partial charge in [-0.2, -0.15) is 0 Å². The van der Waals surface area contributed by atoms with Crippen molar-refractivity contribution in [3.05, 3.63) is 59.2 Å². The van der Waals surface area contributed by atoms with E-state index in [2.05, 4.69) is 0 Å². The lowest BCUT2D eigenvalue weighted by Crippen LogP contribution is -2.30. The molecule has 1 fully saturated rings. The predicted molar refractivity (Wildman–Crippen MR) is 103 cm³/mol. The number of phenols is 1. The molecular formula is C21H22N2O4. The Kier molecular flexibility index (Phi) is 4.47. The third-order valence-corrected chi connectivity index (χ3v) is 5.03. The Hall–Kier alpha value is -2.67. The molecule has 3 N–H and O–H groups in total. The van der Waals surface area contributed by atoms with Crippen molar-refractivity contribution in [3.8, 4) is 5.75 Å². The minimum absolute atomic E-state index is 0.0911. The van der Waals surface area contributed by atoms with Crippen molar-refractivity contribution in [1.29, 1.82) is 0 Å². The Balaban J connectivity index is 1.81. The van der Waals surface area contributed by atoms with Crippen LogP contribution in [0.15, 0.2) is 42.5 Å². The Morgan fingerprint density at radius 1 is 1.22 bits per heavy atom. The summed E-state index contributed by atoms with van der Waals surface area (Å²) in [5.41, 5.74) is 9.61. The SMILES string of the molecule is CN1C(=O)/C(=C\c2cccc(O)c2)c2cc(C3(CCN)OCCO3)ccc21. The molecule has 0 unspecified atom stereocenters. The number of carbonyl (C=O) groups is 1. The van der Waals surface area contributed by atoms with Crippen molar-refractivity contribution < 1.29 is 19.4 Å². The standard InChI is InChI=1S/C21H22N2O4/c1-23-19-6-5-15(21(7-8-22)26-9-10-27-21)13-17(19)18(20(23)25)12-14-3-2-4-16(24)11-14/h2-6,11-13,24H,7-10,22H2,1H3/b18-12-. The lowest BCUT2D eigenvalue weighted by molar-refractivity contribution is -0.168. The third-order valence-electron chi connectivity index (χ3n) is 5.03. The molecular weight excluding hydrogens is 344 g/mol. The summed E-state index contributed by atoms with van der Waals surface area (Å²) in [5.74, 6) is -0.789. The first-order valence-corrected chi connectivity index (χ1v) is 8.96. The summed E-state index contributed by atoms with van der Waals surface area (Å²) in [6.45, 7) is 1.46. The summed E-state index contributed by atoms with van der Waals surface area (Å²) >= 11 is 0. The summed E-state index contributed by atoms with van der Waals surface area (Å²) in [6.07, 6.45) is 2.33. The number of nitrogens with zero attached hydrogens (tertiary/aromatic N) is 1. The van der Waals surface area contributed by atoms with Gasteiger partial charge in [0.1, 0.15) is 5.75 Å². The second-order valence-electron chi connectivity index (χ2n) is 6.74. The molecule has 0 radical (unpaired) electrons. The van der Waals surface area contributed by atoms with Gasteiger partial charge in [-0.15, -0.1) is 0 Å². The Morgan fingerprint density at radius 2 is 2.00 bits per heavy atom. The van der Waals surface area contributed by atoms with Crippen molar-refractivity contribution in [1.82, 2.24) is 0 Å². The number of hydrogen-bond acceptors (Lipinski definition) is 5. The molecule has 4 rings (SSSR count). The number of nitrogens with two attached hydrogens (primary N) is 1. The van der Waals surface area contributed by atoms with Gasteiger partial charge in [0, 0.05) is 30.2 Å². The van der Waals surface area contributed by atoms with Crippen LogP contribution in [-0.2, 0) is 20.1 Å². The number of hydrogen-bond donors (Lipinski definition) is 2. The highest BCUT2D eigenvalue weighted by molar-refractivity contribution is 6.35. The van der Waals surface area contributed by atoms with Crippen LogP contribution in [0.4, 0.5) is 5.69 Å². The van der Waals surface area contributed by atoms with Gasteiger partial charge < -0.3 is 25.2 Å². The van der Waals surface area contributed by atoms with Crippen LogP contribution in [0.25, 0.3) is 11.6 Å². The fourth-order valence-electron chi connectivity index (χ4n) is 3.71. The summed E-state index contributed by atoms with van der Waals surface area (Å²) in [6, 6.07) is 12.6. The Labute approximate surface area is 157 Å².